The SMILES string of the molecule is Cn1c(N2CCN(CCCOc3ccc(Cl)cc3C#N)CC2)cc(=O)n(C)c1=O. The fourth-order valence-corrected chi connectivity index (χ4v) is 3.58. The third kappa shape index (κ3) is 4.81. The predicted molar refractivity (Wildman–Crippen MR) is 112 cm³/mol. The monoisotopic (exact) mass is 417 g/mol. The van der Waals surface area contributed by atoms with Crippen molar-refractivity contribution in [1.29, 1.82) is 5.26 Å². The van der Waals surface area contributed by atoms with Gasteiger partial charge in [0.2, 0.25) is 0 Å². The molecule has 154 valence electrons. The number of halogens is 1. The number of hydrogen-bond donors (Lipinski definition) is 0. The molecule has 1 aromatic carbocycles. The molecule has 1 aliphatic rings. The summed E-state index contributed by atoms with van der Waals surface area (Å²) in [6.07, 6.45) is 0.831. The first-order valence-electron chi connectivity index (χ1n) is 9.47. The lowest BCUT2D eigenvalue weighted by molar-refractivity contribution is 0.224. The second-order valence-corrected chi connectivity index (χ2v) is 7.46. The van der Waals surface area contributed by atoms with Gasteiger partial charge in [-0.3, -0.25) is 18.8 Å². The minimum Gasteiger partial charge on any atom is -0.492 e. The molecule has 0 amide bonds. The van der Waals surface area contributed by atoms with E-state index < -0.39 is 0 Å². The Hall–Kier alpha value is -2.76. The number of benzene rings is 1. The lowest BCUT2D eigenvalue weighted by Crippen LogP contribution is -2.49. The van der Waals surface area contributed by atoms with Crippen LogP contribution in [0.1, 0.15) is 12.0 Å². The Morgan fingerprint density at radius 1 is 1.10 bits per heavy atom. The van der Waals surface area contributed by atoms with Crippen molar-refractivity contribution in [2.24, 2.45) is 14.1 Å². The van der Waals surface area contributed by atoms with E-state index in [0.29, 0.717) is 28.8 Å². The molecule has 0 atom stereocenters. The van der Waals surface area contributed by atoms with Crippen LogP contribution >= 0.6 is 11.6 Å². The Bertz CT molecular complexity index is 1030. The van der Waals surface area contributed by atoms with E-state index in [1.165, 1.54) is 17.7 Å². The molecule has 2 heterocycles. The first-order valence-corrected chi connectivity index (χ1v) is 9.85. The maximum atomic E-state index is 12.1. The molecule has 9 heteroatoms. The van der Waals surface area contributed by atoms with E-state index >= 15 is 0 Å². The average Bonchev–Trinajstić information content (AvgIpc) is 2.73. The van der Waals surface area contributed by atoms with Crippen LogP contribution in [0.3, 0.4) is 0 Å². The van der Waals surface area contributed by atoms with Gasteiger partial charge in [-0.25, -0.2) is 4.79 Å². The molecule has 0 saturated carbocycles. The summed E-state index contributed by atoms with van der Waals surface area (Å²) in [5, 5.41) is 9.66. The quantitative estimate of drug-likeness (QED) is 0.657. The largest absolute Gasteiger partial charge is 0.492 e. The highest BCUT2D eigenvalue weighted by molar-refractivity contribution is 6.30. The van der Waals surface area contributed by atoms with E-state index in [1.54, 1.807) is 25.2 Å². The van der Waals surface area contributed by atoms with Crippen molar-refractivity contribution < 1.29 is 4.74 Å². The van der Waals surface area contributed by atoms with Crippen molar-refractivity contribution in [3.05, 3.63) is 55.7 Å². The van der Waals surface area contributed by atoms with Crippen molar-refractivity contribution in [3.63, 3.8) is 0 Å². The van der Waals surface area contributed by atoms with Gasteiger partial charge in [-0.2, -0.15) is 5.26 Å². The molecule has 29 heavy (non-hydrogen) atoms. The zero-order valence-corrected chi connectivity index (χ0v) is 17.4. The van der Waals surface area contributed by atoms with Gasteiger partial charge in [-0.05, 0) is 24.6 Å². The van der Waals surface area contributed by atoms with Crippen LogP contribution in [0.25, 0.3) is 0 Å². The van der Waals surface area contributed by atoms with Crippen LogP contribution in [0, 0.1) is 11.3 Å². The van der Waals surface area contributed by atoms with Crippen LogP contribution < -0.4 is 20.9 Å². The number of rotatable bonds is 6. The smallest absolute Gasteiger partial charge is 0.332 e. The number of ether oxygens (including phenoxy) is 1. The summed E-state index contributed by atoms with van der Waals surface area (Å²) in [4.78, 5) is 28.5. The number of piperazine rings is 1. The molecular formula is C20H24ClN5O3. The summed E-state index contributed by atoms with van der Waals surface area (Å²) in [7, 11) is 3.17. The fraction of sp³-hybridized carbons (Fsp3) is 0.450. The summed E-state index contributed by atoms with van der Waals surface area (Å²) < 4.78 is 8.35. The topological polar surface area (TPSA) is 83.5 Å². The summed E-state index contributed by atoms with van der Waals surface area (Å²) >= 11 is 5.89. The molecule has 8 nitrogen and oxygen atoms in total. The fourth-order valence-electron chi connectivity index (χ4n) is 3.41. The Balaban J connectivity index is 1.48. The average molecular weight is 418 g/mol. The second kappa shape index (κ2) is 9.16. The minimum absolute atomic E-state index is 0.290. The van der Waals surface area contributed by atoms with Gasteiger partial charge in [0.25, 0.3) is 5.56 Å². The lowest BCUT2D eigenvalue weighted by Gasteiger charge is -2.36. The van der Waals surface area contributed by atoms with E-state index in [0.717, 1.165) is 43.7 Å². The Morgan fingerprint density at radius 2 is 1.83 bits per heavy atom. The maximum absolute atomic E-state index is 12.1. The number of nitriles is 1. The van der Waals surface area contributed by atoms with Crippen LogP contribution in [-0.2, 0) is 14.1 Å². The van der Waals surface area contributed by atoms with E-state index in [2.05, 4.69) is 15.9 Å². The van der Waals surface area contributed by atoms with Crippen molar-refractivity contribution in [2.45, 2.75) is 6.42 Å². The van der Waals surface area contributed by atoms with Gasteiger partial charge < -0.3 is 9.64 Å². The number of hydrogen-bond acceptors (Lipinski definition) is 6. The molecule has 1 fully saturated rings. The maximum Gasteiger partial charge on any atom is 0.332 e. The predicted octanol–water partition coefficient (Wildman–Crippen LogP) is 1.20. The lowest BCUT2D eigenvalue weighted by atomic mass is 10.2. The standard InChI is InChI=1S/C20H24ClN5O3/c1-23-18(13-19(27)24(2)20(23)28)26-9-7-25(8-10-26)6-3-11-29-17-5-4-16(21)12-15(17)14-22/h4-5,12-13H,3,6-11H2,1-2H3. The summed E-state index contributed by atoms with van der Waals surface area (Å²) in [5.41, 5.74) is -0.168. The molecule has 2 aromatic rings. The molecule has 0 aliphatic carbocycles. The van der Waals surface area contributed by atoms with Crippen LogP contribution in [0.5, 0.6) is 5.75 Å². The van der Waals surface area contributed by atoms with Crippen molar-refractivity contribution in [3.8, 4) is 11.8 Å². The van der Waals surface area contributed by atoms with Crippen LogP contribution in [0.2, 0.25) is 5.02 Å². The molecule has 0 unspecified atom stereocenters. The summed E-state index contributed by atoms with van der Waals surface area (Å²) in [6.45, 7) is 4.56. The number of anilines is 1. The van der Waals surface area contributed by atoms with E-state index in [9.17, 15) is 9.59 Å². The highest BCUT2D eigenvalue weighted by atomic mass is 35.5. The van der Waals surface area contributed by atoms with Crippen molar-refractivity contribution in [1.82, 2.24) is 14.0 Å². The highest BCUT2D eigenvalue weighted by Gasteiger charge is 2.20. The van der Waals surface area contributed by atoms with E-state index in [1.807, 2.05) is 0 Å². The molecule has 0 N–H and O–H groups in total. The number of aromatic nitrogens is 2. The van der Waals surface area contributed by atoms with E-state index in [-0.39, 0.29) is 11.2 Å². The third-order valence-electron chi connectivity index (χ3n) is 5.14. The number of nitrogens with zero attached hydrogens (tertiary/aromatic N) is 5. The molecule has 0 spiro atoms. The molecule has 0 bridgehead atoms. The van der Waals surface area contributed by atoms with Gasteiger partial charge in [0.1, 0.15) is 17.6 Å². The molecule has 3 rings (SSSR count). The normalized spacial score (nSPS) is 14.6. The summed E-state index contributed by atoms with van der Waals surface area (Å²) in [5.74, 6) is 1.21. The van der Waals surface area contributed by atoms with Gasteiger partial charge in [0.05, 0.1) is 12.2 Å². The highest BCUT2D eigenvalue weighted by Crippen LogP contribution is 2.22. The molecule has 1 aromatic heterocycles. The molecule has 0 radical (unpaired) electrons. The van der Waals surface area contributed by atoms with Crippen LogP contribution in [0.15, 0.2) is 33.9 Å². The van der Waals surface area contributed by atoms with Gasteiger partial charge in [-0.1, -0.05) is 11.6 Å². The van der Waals surface area contributed by atoms with Gasteiger partial charge >= 0.3 is 5.69 Å². The van der Waals surface area contributed by atoms with Crippen LogP contribution in [0.4, 0.5) is 5.82 Å². The van der Waals surface area contributed by atoms with Crippen molar-refractivity contribution >= 4 is 17.4 Å². The minimum atomic E-state index is -0.314. The van der Waals surface area contributed by atoms with Crippen LogP contribution in [-0.4, -0.2) is 53.4 Å². The Labute approximate surface area is 174 Å². The summed E-state index contributed by atoms with van der Waals surface area (Å²) in [6, 6.07) is 8.63. The third-order valence-corrected chi connectivity index (χ3v) is 5.37. The Kier molecular flexibility index (Phi) is 6.62. The molecule has 1 saturated heterocycles. The van der Waals surface area contributed by atoms with Crippen molar-refractivity contribution in [2.75, 3.05) is 44.2 Å². The molecular weight excluding hydrogens is 394 g/mol. The van der Waals surface area contributed by atoms with Gasteiger partial charge in [0, 0.05) is 57.9 Å². The van der Waals surface area contributed by atoms with E-state index in [4.69, 9.17) is 21.6 Å². The van der Waals surface area contributed by atoms with Gasteiger partial charge in [-0.15, -0.1) is 0 Å². The molecule has 1 aliphatic heterocycles. The zero-order chi connectivity index (χ0) is 21.0. The Morgan fingerprint density at radius 3 is 2.52 bits per heavy atom. The zero-order valence-electron chi connectivity index (χ0n) is 16.6. The van der Waals surface area contributed by atoms with Gasteiger partial charge in [0.15, 0.2) is 0 Å². The second-order valence-electron chi connectivity index (χ2n) is 7.02. The first-order chi connectivity index (χ1) is 13.9. The first kappa shape index (κ1) is 21.0.